The first-order chi connectivity index (χ1) is 16.7. The molecule has 1 saturated carbocycles. The SMILES string of the molecule is CCCOC(c1ccc(NC(=O)Cc2ccccc2S(=O)(=O)NC2CC2)cc1)(C(F)(F)F)C(F)(F)F. The van der Waals surface area contributed by atoms with E-state index >= 15 is 0 Å². The van der Waals surface area contributed by atoms with Crippen molar-refractivity contribution in [3.63, 3.8) is 0 Å². The van der Waals surface area contributed by atoms with E-state index in [1.54, 1.807) is 0 Å². The van der Waals surface area contributed by atoms with Crippen molar-refractivity contribution in [1.82, 2.24) is 4.72 Å². The first-order valence-corrected chi connectivity index (χ1v) is 12.5. The predicted octanol–water partition coefficient (Wildman–Crippen LogP) is 5.06. The fourth-order valence-electron chi connectivity index (χ4n) is 3.55. The van der Waals surface area contributed by atoms with Gasteiger partial charge in [0.2, 0.25) is 15.9 Å². The van der Waals surface area contributed by atoms with E-state index in [0.29, 0.717) is 25.0 Å². The van der Waals surface area contributed by atoms with Gasteiger partial charge in [0, 0.05) is 23.9 Å². The second kappa shape index (κ2) is 10.4. The highest BCUT2D eigenvalue weighted by Gasteiger charge is 2.73. The number of sulfonamides is 1. The summed E-state index contributed by atoms with van der Waals surface area (Å²) in [6, 6.07) is 8.62. The van der Waals surface area contributed by atoms with Crippen molar-refractivity contribution in [2.75, 3.05) is 11.9 Å². The molecular formula is C23H24F6N2O4S. The zero-order valence-electron chi connectivity index (χ0n) is 19.0. The maximum Gasteiger partial charge on any atom is 0.430 e. The maximum absolute atomic E-state index is 13.7. The molecule has 2 N–H and O–H groups in total. The van der Waals surface area contributed by atoms with Crippen LogP contribution < -0.4 is 10.0 Å². The minimum Gasteiger partial charge on any atom is -0.354 e. The van der Waals surface area contributed by atoms with Crippen LogP contribution in [-0.4, -0.2) is 39.3 Å². The van der Waals surface area contributed by atoms with Crippen LogP contribution in [0.3, 0.4) is 0 Å². The van der Waals surface area contributed by atoms with E-state index < -0.39 is 52.5 Å². The third-order valence-corrected chi connectivity index (χ3v) is 7.03. The van der Waals surface area contributed by atoms with E-state index in [1.807, 2.05) is 0 Å². The Hall–Kier alpha value is -2.64. The van der Waals surface area contributed by atoms with Crippen LogP contribution in [0.15, 0.2) is 53.4 Å². The number of hydrogen-bond acceptors (Lipinski definition) is 4. The Bertz CT molecular complexity index is 1160. The van der Waals surface area contributed by atoms with Crippen LogP contribution in [0.2, 0.25) is 0 Å². The Morgan fingerprint density at radius 1 is 0.972 bits per heavy atom. The average Bonchev–Trinajstić information content (AvgIpc) is 3.57. The van der Waals surface area contributed by atoms with Gasteiger partial charge in [0.1, 0.15) is 0 Å². The summed E-state index contributed by atoms with van der Waals surface area (Å²) in [5.41, 5.74) is -5.60. The van der Waals surface area contributed by atoms with Gasteiger partial charge in [-0.25, -0.2) is 13.1 Å². The van der Waals surface area contributed by atoms with Crippen molar-refractivity contribution in [2.45, 2.75) is 61.5 Å². The number of ether oxygens (including phenoxy) is 1. The average molecular weight is 539 g/mol. The van der Waals surface area contributed by atoms with Crippen molar-refractivity contribution in [3.05, 3.63) is 59.7 Å². The highest BCUT2D eigenvalue weighted by atomic mass is 32.2. The number of benzene rings is 2. The lowest BCUT2D eigenvalue weighted by Gasteiger charge is -2.37. The Kier molecular flexibility index (Phi) is 8.06. The number of carbonyl (C=O) groups excluding carboxylic acids is 1. The van der Waals surface area contributed by atoms with Crippen molar-refractivity contribution >= 4 is 21.6 Å². The van der Waals surface area contributed by atoms with Crippen LogP contribution >= 0.6 is 0 Å². The molecule has 0 bridgehead atoms. The van der Waals surface area contributed by atoms with Crippen molar-refractivity contribution < 1.29 is 44.3 Å². The highest BCUT2D eigenvalue weighted by Crippen LogP contribution is 2.53. The van der Waals surface area contributed by atoms with E-state index in [0.717, 1.165) is 12.1 Å². The van der Waals surface area contributed by atoms with E-state index in [-0.39, 0.29) is 28.6 Å². The molecule has 1 aliphatic rings. The van der Waals surface area contributed by atoms with Gasteiger partial charge in [-0.1, -0.05) is 37.3 Å². The number of amides is 1. The number of carbonyl (C=O) groups is 1. The Morgan fingerprint density at radius 2 is 1.56 bits per heavy atom. The Balaban J connectivity index is 1.81. The van der Waals surface area contributed by atoms with E-state index in [4.69, 9.17) is 0 Å². The molecule has 0 aromatic heterocycles. The molecule has 1 amide bonds. The van der Waals surface area contributed by atoms with Gasteiger partial charge < -0.3 is 10.1 Å². The molecule has 2 aromatic rings. The summed E-state index contributed by atoms with van der Waals surface area (Å²) in [6.07, 6.45) is -10.6. The maximum atomic E-state index is 13.7. The molecule has 1 aliphatic carbocycles. The van der Waals surface area contributed by atoms with Gasteiger partial charge in [0.05, 0.1) is 11.3 Å². The predicted molar refractivity (Wildman–Crippen MR) is 119 cm³/mol. The minimum atomic E-state index is -5.80. The van der Waals surface area contributed by atoms with E-state index in [9.17, 15) is 39.6 Å². The third-order valence-electron chi connectivity index (χ3n) is 5.41. The molecule has 13 heteroatoms. The second-order valence-electron chi connectivity index (χ2n) is 8.33. The van der Waals surface area contributed by atoms with Gasteiger partial charge in [-0.3, -0.25) is 4.79 Å². The van der Waals surface area contributed by atoms with E-state index in [2.05, 4.69) is 14.8 Å². The largest absolute Gasteiger partial charge is 0.430 e. The van der Waals surface area contributed by atoms with Gasteiger partial charge in [-0.2, -0.15) is 26.3 Å². The molecule has 1 fully saturated rings. The lowest BCUT2D eigenvalue weighted by Crippen LogP contribution is -2.56. The van der Waals surface area contributed by atoms with Crippen LogP contribution in [0.1, 0.15) is 37.3 Å². The molecule has 0 heterocycles. The smallest absolute Gasteiger partial charge is 0.354 e. The van der Waals surface area contributed by atoms with Gasteiger partial charge in [0.15, 0.2) is 0 Å². The summed E-state index contributed by atoms with van der Waals surface area (Å²) in [5, 5.41) is 2.36. The summed E-state index contributed by atoms with van der Waals surface area (Å²) < 4.78 is 114. The Labute approximate surface area is 204 Å². The molecule has 0 spiro atoms. The molecule has 2 aromatic carbocycles. The third kappa shape index (κ3) is 6.01. The monoisotopic (exact) mass is 538 g/mol. The van der Waals surface area contributed by atoms with Gasteiger partial charge in [0.25, 0.3) is 5.60 Å². The van der Waals surface area contributed by atoms with Crippen molar-refractivity contribution in [2.24, 2.45) is 0 Å². The molecule has 0 unspecified atom stereocenters. The molecule has 0 atom stereocenters. The lowest BCUT2D eigenvalue weighted by atomic mass is 9.91. The molecule has 36 heavy (non-hydrogen) atoms. The number of hydrogen-bond donors (Lipinski definition) is 2. The van der Waals surface area contributed by atoms with Crippen LogP contribution in [-0.2, 0) is 31.6 Å². The number of nitrogens with one attached hydrogen (secondary N) is 2. The molecule has 0 aliphatic heterocycles. The summed E-state index contributed by atoms with van der Waals surface area (Å²) >= 11 is 0. The van der Waals surface area contributed by atoms with Gasteiger partial charge in [-0.15, -0.1) is 0 Å². The lowest BCUT2D eigenvalue weighted by molar-refractivity contribution is -0.389. The zero-order chi connectivity index (χ0) is 26.8. The second-order valence-corrected chi connectivity index (χ2v) is 10.0. The van der Waals surface area contributed by atoms with Crippen molar-refractivity contribution in [3.8, 4) is 0 Å². The molecule has 3 rings (SSSR count). The number of alkyl halides is 6. The molecule has 0 radical (unpaired) electrons. The topological polar surface area (TPSA) is 84.5 Å². The first-order valence-electron chi connectivity index (χ1n) is 11.0. The normalized spacial score (nSPS) is 15.1. The number of rotatable bonds is 10. The quantitative estimate of drug-likeness (QED) is 0.415. The summed E-state index contributed by atoms with van der Waals surface area (Å²) in [7, 11) is -3.86. The zero-order valence-corrected chi connectivity index (χ0v) is 19.9. The standard InChI is InChI=1S/C23H24F6N2O4S/c1-2-13-35-21(22(24,25)26,23(27,28)29)16-7-9-17(10-8-16)30-20(32)14-15-5-3-4-6-19(15)36(33,34)31-18-11-12-18/h3-10,18,31H,2,11-14H2,1H3,(H,30,32). The van der Waals surface area contributed by atoms with Gasteiger partial charge >= 0.3 is 12.4 Å². The summed E-state index contributed by atoms with van der Waals surface area (Å²) in [4.78, 5) is 12.4. The minimum absolute atomic E-state index is 0.0740. The van der Waals surface area contributed by atoms with Crippen LogP contribution in [0.4, 0.5) is 32.0 Å². The molecule has 198 valence electrons. The highest BCUT2D eigenvalue weighted by molar-refractivity contribution is 7.89. The Morgan fingerprint density at radius 3 is 2.08 bits per heavy atom. The van der Waals surface area contributed by atoms with Crippen molar-refractivity contribution in [1.29, 1.82) is 0 Å². The van der Waals surface area contributed by atoms with Crippen LogP contribution in [0.25, 0.3) is 0 Å². The summed E-state index contributed by atoms with van der Waals surface area (Å²) in [6.45, 7) is 0.594. The van der Waals surface area contributed by atoms with Crippen LogP contribution in [0, 0.1) is 0 Å². The number of halogens is 6. The number of anilines is 1. The molecule has 0 saturated heterocycles. The van der Waals surface area contributed by atoms with Gasteiger partial charge in [-0.05, 0) is 43.0 Å². The van der Waals surface area contributed by atoms with E-state index in [1.165, 1.54) is 31.2 Å². The summed E-state index contributed by atoms with van der Waals surface area (Å²) in [5.74, 6) is -0.711. The van der Waals surface area contributed by atoms with Crippen LogP contribution in [0.5, 0.6) is 0 Å². The molecule has 6 nitrogen and oxygen atoms in total. The molecular weight excluding hydrogens is 514 g/mol. The first kappa shape index (κ1) is 27.9. The fourth-order valence-corrected chi connectivity index (χ4v) is 5.10. The fraction of sp³-hybridized carbons (Fsp3) is 0.435.